The zero-order valence-corrected chi connectivity index (χ0v) is 26.0. The molecule has 7 nitrogen and oxygen atoms in total. The highest BCUT2D eigenvalue weighted by Crippen LogP contribution is 2.25. The van der Waals surface area contributed by atoms with Gasteiger partial charge >= 0.3 is 5.97 Å². The molecule has 0 aliphatic rings. The molecular formula is C37H40N2O5. The van der Waals surface area contributed by atoms with Crippen molar-refractivity contribution in [2.75, 3.05) is 30.5 Å². The van der Waals surface area contributed by atoms with Gasteiger partial charge in [-0.1, -0.05) is 93.1 Å². The van der Waals surface area contributed by atoms with Crippen LogP contribution in [0.3, 0.4) is 0 Å². The van der Waals surface area contributed by atoms with Gasteiger partial charge in [-0.3, -0.25) is 9.59 Å². The van der Waals surface area contributed by atoms with Crippen molar-refractivity contribution in [3.8, 4) is 5.75 Å². The zero-order valence-electron chi connectivity index (χ0n) is 26.0. The van der Waals surface area contributed by atoms with Gasteiger partial charge in [-0.15, -0.1) is 0 Å². The van der Waals surface area contributed by atoms with E-state index in [1.165, 1.54) is 7.11 Å². The van der Waals surface area contributed by atoms with E-state index in [-0.39, 0.29) is 11.7 Å². The molecule has 0 fully saturated rings. The van der Waals surface area contributed by atoms with Crippen molar-refractivity contribution in [3.63, 3.8) is 0 Å². The summed E-state index contributed by atoms with van der Waals surface area (Å²) in [6.45, 7) is 8.46. The van der Waals surface area contributed by atoms with Gasteiger partial charge in [-0.2, -0.15) is 0 Å². The molecule has 7 heteroatoms. The highest BCUT2D eigenvalue weighted by Gasteiger charge is 2.28. The first-order valence-electron chi connectivity index (χ1n) is 14.7. The molecule has 0 saturated carbocycles. The third-order valence-electron chi connectivity index (χ3n) is 7.20. The lowest BCUT2D eigenvalue weighted by Gasteiger charge is -2.29. The van der Waals surface area contributed by atoms with Gasteiger partial charge < -0.3 is 19.7 Å². The van der Waals surface area contributed by atoms with Crippen LogP contribution in [0.15, 0.2) is 103 Å². The smallest absolute Gasteiger partial charge is 0.328 e. The van der Waals surface area contributed by atoms with E-state index in [2.05, 4.69) is 5.32 Å². The minimum absolute atomic E-state index is 0.0219. The topological polar surface area (TPSA) is 84.9 Å². The van der Waals surface area contributed by atoms with Crippen LogP contribution in [0.1, 0.15) is 47.8 Å². The standard InChI is InChI=1S/C37H40N2O5/c1-26-15-19-29(20-16-26)39(36(42)37(2,3)4)23-24-44-30-21-17-27(18-22-30)25-33(35(41)43-5)38-32-14-10-9-13-31(32)34(40)28-11-7-6-8-12-28/h6-22,33,38H,23-25H2,1-5H3/t33-/m0/s1. The number of amides is 1. The van der Waals surface area contributed by atoms with Crippen LogP contribution in [0, 0.1) is 12.3 Å². The summed E-state index contributed by atoms with van der Waals surface area (Å²) in [6.07, 6.45) is 0.335. The fraction of sp³-hybridized carbons (Fsp3) is 0.270. The number of methoxy groups -OCH3 is 1. The molecule has 4 aromatic rings. The fourth-order valence-electron chi connectivity index (χ4n) is 4.76. The Morgan fingerprint density at radius 2 is 1.45 bits per heavy atom. The van der Waals surface area contributed by atoms with E-state index < -0.39 is 17.4 Å². The van der Waals surface area contributed by atoms with Crippen molar-refractivity contribution >= 4 is 29.0 Å². The van der Waals surface area contributed by atoms with E-state index in [1.807, 2.05) is 100 Å². The van der Waals surface area contributed by atoms with E-state index in [0.717, 1.165) is 16.8 Å². The first-order chi connectivity index (χ1) is 21.1. The molecule has 44 heavy (non-hydrogen) atoms. The van der Waals surface area contributed by atoms with Crippen LogP contribution in [-0.4, -0.2) is 44.0 Å². The molecule has 0 aromatic heterocycles. The van der Waals surface area contributed by atoms with Gasteiger partial charge in [0.05, 0.1) is 13.7 Å². The molecule has 228 valence electrons. The summed E-state index contributed by atoms with van der Waals surface area (Å²) in [6, 6.07) is 30.8. The number of ether oxygens (including phenoxy) is 2. The Morgan fingerprint density at radius 1 is 0.818 bits per heavy atom. The number of rotatable bonds is 12. The predicted molar refractivity (Wildman–Crippen MR) is 174 cm³/mol. The monoisotopic (exact) mass is 592 g/mol. The number of hydrogen-bond donors (Lipinski definition) is 1. The summed E-state index contributed by atoms with van der Waals surface area (Å²) < 4.78 is 11.1. The SMILES string of the molecule is COC(=O)[C@H](Cc1ccc(OCCN(C(=O)C(C)(C)C)c2ccc(C)cc2)cc1)Nc1ccccc1C(=O)c1ccccc1. The minimum atomic E-state index is -0.719. The third kappa shape index (κ3) is 8.34. The van der Waals surface area contributed by atoms with Crippen molar-refractivity contribution in [2.24, 2.45) is 5.41 Å². The van der Waals surface area contributed by atoms with Crippen LogP contribution in [0.2, 0.25) is 0 Å². The summed E-state index contributed by atoms with van der Waals surface area (Å²) >= 11 is 0. The summed E-state index contributed by atoms with van der Waals surface area (Å²) in [5.41, 5.74) is 3.91. The van der Waals surface area contributed by atoms with Gasteiger partial charge in [-0.25, -0.2) is 4.79 Å². The predicted octanol–water partition coefficient (Wildman–Crippen LogP) is 6.88. The Morgan fingerprint density at radius 3 is 2.09 bits per heavy atom. The molecule has 0 heterocycles. The summed E-state index contributed by atoms with van der Waals surface area (Å²) in [5, 5.41) is 3.24. The lowest BCUT2D eigenvalue weighted by atomic mass is 9.94. The maximum absolute atomic E-state index is 13.2. The second-order valence-corrected chi connectivity index (χ2v) is 11.7. The average Bonchev–Trinajstić information content (AvgIpc) is 3.03. The quantitative estimate of drug-likeness (QED) is 0.143. The molecular weight excluding hydrogens is 552 g/mol. The van der Waals surface area contributed by atoms with Crippen molar-refractivity contribution in [2.45, 2.75) is 40.2 Å². The molecule has 0 spiro atoms. The number of nitrogens with one attached hydrogen (secondary N) is 1. The Hall–Kier alpha value is -4.91. The molecule has 1 amide bonds. The first kappa shape index (κ1) is 32.0. The molecule has 4 rings (SSSR count). The maximum Gasteiger partial charge on any atom is 0.328 e. The second-order valence-electron chi connectivity index (χ2n) is 11.7. The fourth-order valence-corrected chi connectivity index (χ4v) is 4.76. The number of aryl methyl sites for hydroxylation is 1. The Bertz CT molecular complexity index is 1560. The van der Waals surface area contributed by atoms with Crippen LogP contribution in [0.25, 0.3) is 0 Å². The van der Waals surface area contributed by atoms with Crippen LogP contribution in [0.4, 0.5) is 11.4 Å². The number of para-hydroxylation sites is 1. The highest BCUT2D eigenvalue weighted by molar-refractivity contribution is 6.12. The van der Waals surface area contributed by atoms with E-state index in [0.29, 0.717) is 42.1 Å². The molecule has 1 atom stereocenters. The van der Waals surface area contributed by atoms with E-state index in [4.69, 9.17) is 9.47 Å². The number of nitrogens with zero attached hydrogens (tertiary/aromatic N) is 1. The minimum Gasteiger partial charge on any atom is -0.492 e. The number of anilines is 2. The molecule has 0 aliphatic carbocycles. The highest BCUT2D eigenvalue weighted by atomic mass is 16.5. The van der Waals surface area contributed by atoms with Crippen molar-refractivity contribution in [3.05, 3.63) is 125 Å². The number of ketones is 1. The van der Waals surface area contributed by atoms with Gasteiger partial charge in [0.1, 0.15) is 18.4 Å². The Labute approximate surface area is 259 Å². The molecule has 0 radical (unpaired) electrons. The lowest BCUT2D eigenvalue weighted by molar-refractivity contribution is -0.141. The van der Waals surface area contributed by atoms with E-state index in [9.17, 15) is 14.4 Å². The van der Waals surface area contributed by atoms with Gasteiger partial charge in [0.15, 0.2) is 5.78 Å². The molecule has 4 aromatic carbocycles. The van der Waals surface area contributed by atoms with Crippen LogP contribution < -0.4 is 15.0 Å². The lowest BCUT2D eigenvalue weighted by Crippen LogP contribution is -2.41. The van der Waals surface area contributed by atoms with Crippen molar-refractivity contribution in [1.82, 2.24) is 0 Å². The molecule has 0 unspecified atom stereocenters. The molecule has 1 N–H and O–H groups in total. The maximum atomic E-state index is 13.2. The molecule has 0 aliphatic heterocycles. The average molecular weight is 593 g/mol. The summed E-state index contributed by atoms with van der Waals surface area (Å²) in [7, 11) is 1.35. The largest absolute Gasteiger partial charge is 0.492 e. The zero-order chi connectivity index (χ0) is 31.7. The summed E-state index contributed by atoms with van der Waals surface area (Å²) in [4.78, 5) is 40.9. The van der Waals surface area contributed by atoms with Gasteiger partial charge in [0.2, 0.25) is 5.91 Å². The Balaban J connectivity index is 1.42. The van der Waals surface area contributed by atoms with Gasteiger partial charge in [0, 0.05) is 34.3 Å². The summed E-state index contributed by atoms with van der Waals surface area (Å²) in [5.74, 6) is 0.104. The molecule has 0 bridgehead atoms. The molecule has 0 saturated heterocycles. The number of benzene rings is 4. The van der Waals surface area contributed by atoms with Gasteiger partial charge in [-0.05, 0) is 48.9 Å². The third-order valence-corrected chi connectivity index (χ3v) is 7.20. The van der Waals surface area contributed by atoms with Crippen molar-refractivity contribution in [1.29, 1.82) is 0 Å². The first-order valence-corrected chi connectivity index (χ1v) is 14.7. The number of esters is 1. The number of hydrogen-bond acceptors (Lipinski definition) is 6. The second kappa shape index (κ2) is 14.5. The van der Waals surface area contributed by atoms with Crippen LogP contribution in [0.5, 0.6) is 5.75 Å². The van der Waals surface area contributed by atoms with E-state index in [1.54, 1.807) is 35.2 Å². The van der Waals surface area contributed by atoms with Crippen LogP contribution in [-0.2, 0) is 20.7 Å². The number of carbonyl (C=O) groups is 3. The van der Waals surface area contributed by atoms with Crippen molar-refractivity contribution < 1.29 is 23.9 Å². The van der Waals surface area contributed by atoms with Gasteiger partial charge in [0.25, 0.3) is 0 Å². The normalized spacial score (nSPS) is 11.8. The Kier molecular flexibility index (Phi) is 10.6. The van der Waals surface area contributed by atoms with E-state index >= 15 is 0 Å². The van der Waals surface area contributed by atoms with Crippen LogP contribution >= 0.6 is 0 Å². The number of carbonyl (C=O) groups excluding carboxylic acids is 3.